The summed E-state index contributed by atoms with van der Waals surface area (Å²) in [6.07, 6.45) is 4.85. The smallest absolute Gasteiger partial charge is 0.151 e. The van der Waals surface area contributed by atoms with Crippen molar-refractivity contribution < 1.29 is 10.2 Å². The molecule has 144 valence electrons. The fourth-order valence-electron chi connectivity index (χ4n) is 4.67. The molecular weight excluding hydrogens is 352 g/mol. The van der Waals surface area contributed by atoms with E-state index in [2.05, 4.69) is 27.5 Å². The van der Waals surface area contributed by atoms with Crippen LogP contribution in [0.2, 0.25) is 0 Å². The molecule has 3 N–H and O–H groups in total. The van der Waals surface area contributed by atoms with Gasteiger partial charge in [0.2, 0.25) is 0 Å². The first-order chi connectivity index (χ1) is 13.6. The Balaban J connectivity index is 1.41. The molecule has 2 aromatic carbocycles. The predicted molar refractivity (Wildman–Crippen MR) is 110 cm³/mol. The molecule has 0 aliphatic carbocycles. The molecule has 28 heavy (non-hydrogen) atoms. The Morgan fingerprint density at radius 2 is 1.71 bits per heavy atom. The van der Waals surface area contributed by atoms with Gasteiger partial charge in [-0.2, -0.15) is 0 Å². The van der Waals surface area contributed by atoms with E-state index < -0.39 is 0 Å². The van der Waals surface area contributed by atoms with Gasteiger partial charge in [0.25, 0.3) is 0 Å². The van der Waals surface area contributed by atoms with Gasteiger partial charge in [-0.1, -0.05) is 6.07 Å². The maximum absolute atomic E-state index is 10.4. The molecule has 3 atom stereocenters. The number of aromatic hydroxyl groups is 2. The van der Waals surface area contributed by atoms with E-state index in [0.29, 0.717) is 29.4 Å². The Kier molecular flexibility index (Phi) is 4.09. The lowest BCUT2D eigenvalue weighted by Gasteiger charge is -2.36. The van der Waals surface area contributed by atoms with E-state index in [-0.39, 0.29) is 11.5 Å². The van der Waals surface area contributed by atoms with Crippen molar-refractivity contribution in [2.45, 2.75) is 43.8 Å². The maximum Gasteiger partial charge on any atom is 0.151 e. The summed E-state index contributed by atoms with van der Waals surface area (Å²) in [5.74, 6) is 1.17. The van der Waals surface area contributed by atoms with Crippen LogP contribution in [0.15, 0.2) is 42.5 Å². The monoisotopic (exact) mass is 376 g/mol. The summed E-state index contributed by atoms with van der Waals surface area (Å²) in [6.45, 7) is 0. The molecule has 5 rings (SSSR count). The molecule has 0 spiro atoms. The third-order valence-electron chi connectivity index (χ3n) is 6.22. The normalized spacial score (nSPS) is 23.8. The van der Waals surface area contributed by atoms with Gasteiger partial charge in [-0.05, 0) is 72.9 Å². The van der Waals surface area contributed by atoms with Gasteiger partial charge in [-0.15, -0.1) is 10.2 Å². The van der Waals surface area contributed by atoms with Gasteiger partial charge in [0, 0.05) is 30.7 Å². The summed E-state index contributed by atoms with van der Waals surface area (Å²) < 4.78 is 0. The first-order valence-electron chi connectivity index (χ1n) is 9.85. The van der Waals surface area contributed by atoms with Gasteiger partial charge < -0.3 is 20.4 Å². The second-order valence-corrected chi connectivity index (χ2v) is 8.05. The number of phenols is 2. The van der Waals surface area contributed by atoms with Crippen LogP contribution in [-0.4, -0.2) is 45.6 Å². The molecule has 2 aliphatic rings. The highest BCUT2D eigenvalue weighted by molar-refractivity contribution is 5.90. The van der Waals surface area contributed by atoms with E-state index in [4.69, 9.17) is 0 Å². The minimum atomic E-state index is 0.128. The van der Waals surface area contributed by atoms with Crippen LogP contribution in [0.1, 0.15) is 25.7 Å². The second-order valence-electron chi connectivity index (χ2n) is 8.05. The van der Waals surface area contributed by atoms with Gasteiger partial charge >= 0.3 is 0 Å². The summed E-state index contributed by atoms with van der Waals surface area (Å²) in [5.41, 5.74) is 1.27. The molecule has 6 heteroatoms. The summed E-state index contributed by atoms with van der Waals surface area (Å²) in [4.78, 5) is 2.24. The second kappa shape index (κ2) is 6.63. The minimum Gasteiger partial charge on any atom is -0.508 e. The number of rotatable bonds is 3. The molecule has 0 amide bonds. The molecule has 0 radical (unpaired) electrons. The summed E-state index contributed by atoms with van der Waals surface area (Å²) in [7, 11) is 2.10. The molecular formula is C22H24N4O2. The lowest BCUT2D eigenvalue weighted by molar-refractivity contribution is 0.353. The topological polar surface area (TPSA) is 81.5 Å². The van der Waals surface area contributed by atoms with Crippen LogP contribution in [0.4, 0.5) is 5.82 Å². The molecule has 6 nitrogen and oxygen atoms in total. The zero-order valence-corrected chi connectivity index (χ0v) is 15.8. The molecule has 2 fully saturated rings. The number of phenolic OH excluding ortho intramolecular Hbond substituents is 2. The van der Waals surface area contributed by atoms with Gasteiger partial charge in [-0.3, -0.25) is 0 Å². The van der Waals surface area contributed by atoms with E-state index >= 15 is 0 Å². The summed E-state index contributed by atoms with van der Waals surface area (Å²) >= 11 is 0. The largest absolute Gasteiger partial charge is 0.508 e. The highest BCUT2D eigenvalue weighted by atomic mass is 16.3. The van der Waals surface area contributed by atoms with Crippen molar-refractivity contribution in [1.82, 2.24) is 15.5 Å². The van der Waals surface area contributed by atoms with E-state index in [1.165, 1.54) is 12.8 Å². The van der Waals surface area contributed by atoms with E-state index in [9.17, 15) is 10.2 Å². The predicted octanol–water partition coefficient (Wildman–Crippen LogP) is 3.43. The number of benzene rings is 2. The van der Waals surface area contributed by atoms with Crippen molar-refractivity contribution >= 4 is 16.6 Å². The average molecular weight is 376 g/mol. The Labute approximate surface area is 163 Å². The first-order valence-corrected chi connectivity index (χ1v) is 9.85. The highest BCUT2D eigenvalue weighted by Crippen LogP contribution is 2.34. The molecule has 0 saturated carbocycles. The average Bonchev–Trinajstić information content (AvgIpc) is 3.04. The number of hydrogen-bond donors (Lipinski definition) is 3. The van der Waals surface area contributed by atoms with Crippen molar-refractivity contribution in [1.29, 1.82) is 0 Å². The molecule has 3 aromatic rings. The Hall–Kier alpha value is -2.86. The van der Waals surface area contributed by atoms with Crippen molar-refractivity contribution in [2.24, 2.45) is 0 Å². The highest BCUT2D eigenvalue weighted by Gasteiger charge is 2.35. The molecule has 2 saturated heterocycles. The lowest BCUT2D eigenvalue weighted by atomic mass is 9.98. The molecule has 2 aliphatic heterocycles. The Morgan fingerprint density at radius 3 is 2.43 bits per heavy atom. The van der Waals surface area contributed by atoms with Crippen LogP contribution < -0.4 is 10.2 Å². The van der Waals surface area contributed by atoms with Crippen LogP contribution >= 0.6 is 0 Å². The molecule has 1 unspecified atom stereocenters. The van der Waals surface area contributed by atoms with Crippen LogP contribution in [0, 0.1) is 0 Å². The van der Waals surface area contributed by atoms with Gasteiger partial charge in [0.05, 0.1) is 5.69 Å². The summed E-state index contributed by atoms with van der Waals surface area (Å²) in [6, 6.07) is 14.3. The van der Waals surface area contributed by atoms with E-state index in [0.717, 1.165) is 29.4 Å². The summed E-state index contributed by atoms with van der Waals surface area (Å²) in [5, 5.41) is 34.3. The van der Waals surface area contributed by atoms with Crippen molar-refractivity contribution in [3.05, 3.63) is 42.5 Å². The van der Waals surface area contributed by atoms with Gasteiger partial charge in [0.1, 0.15) is 11.5 Å². The maximum atomic E-state index is 10.4. The SMILES string of the molecule is CN(c1ccc(-c2cc3ccc(O)cc3cc2O)nn1)[C@H]1CC2CC[C@H](C1)N2. The molecule has 2 bridgehead atoms. The number of hydrogen-bond acceptors (Lipinski definition) is 6. The molecule has 3 heterocycles. The van der Waals surface area contributed by atoms with Gasteiger partial charge in [0.15, 0.2) is 5.82 Å². The lowest BCUT2D eigenvalue weighted by Crippen LogP contribution is -2.47. The van der Waals surface area contributed by atoms with Crippen molar-refractivity contribution in [3.63, 3.8) is 0 Å². The first kappa shape index (κ1) is 17.3. The zero-order valence-electron chi connectivity index (χ0n) is 15.8. The van der Waals surface area contributed by atoms with E-state index in [1.54, 1.807) is 18.2 Å². The quantitative estimate of drug-likeness (QED) is 0.650. The number of fused-ring (bicyclic) bond motifs is 3. The third-order valence-corrected chi connectivity index (χ3v) is 6.22. The Bertz CT molecular complexity index is 1010. The van der Waals surface area contributed by atoms with Crippen molar-refractivity contribution in [3.8, 4) is 22.8 Å². The van der Waals surface area contributed by atoms with Gasteiger partial charge in [-0.25, -0.2) is 0 Å². The van der Waals surface area contributed by atoms with Crippen LogP contribution in [0.25, 0.3) is 22.0 Å². The fraction of sp³-hybridized carbons (Fsp3) is 0.364. The van der Waals surface area contributed by atoms with Crippen LogP contribution in [-0.2, 0) is 0 Å². The third kappa shape index (κ3) is 3.03. The number of nitrogens with one attached hydrogen (secondary N) is 1. The van der Waals surface area contributed by atoms with Crippen LogP contribution in [0.3, 0.4) is 0 Å². The number of aromatic nitrogens is 2. The Morgan fingerprint density at radius 1 is 0.929 bits per heavy atom. The zero-order chi connectivity index (χ0) is 19.3. The van der Waals surface area contributed by atoms with Crippen molar-refractivity contribution in [2.75, 3.05) is 11.9 Å². The standard InChI is InChI=1S/C22H24N4O2/c1-26(17-11-15-3-4-16(12-17)23-15)22-7-6-20(24-25-22)19-9-13-2-5-18(27)8-14(13)10-21(19)28/h2,5-10,15-17,23,27-28H,3-4,11-12H2,1H3/t15-,16?,17-/m1/s1. The minimum absolute atomic E-state index is 0.128. The fourth-order valence-corrected chi connectivity index (χ4v) is 4.67. The number of anilines is 1. The number of piperidine rings is 1. The molecule has 1 aromatic heterocycles. The van der Waals surface area contributed by atoms with E-state index in [1.807, 2.05) is 24.3 Å². The number of nitrogens with zero attached hydrogens (tertiary/aromatic N) is 3. The van der Waals surface area contributed by atoms with Crippen LogP contribution in [0.5, 0.6) is 11.5 Å².